The van der Waals surface area contributed by atoms with E-state index in [1.165, 1.54) is 39.1 Å². The van der Waals surface area contributed by atoms with Crippen molar-refractivity contribution in [2.24, 2.45) is 4.99 Å². The summed E-state index contributed by atoms with van der Waals surface area (Å²) in [6.07, 6.45) is 4.38. The maximum Gasteiger partial charge on any atom is 0.0392 e. The highest BCUT2D eigenvalue weighted by Crippen LogP contribution is 2.21. The molecule has 0 N–H and O–H groups in total. The van der Waals surface area contributed by atoms with Crippen LogP contribution in [0.3, 0.4) is 0 Å². The van der Waals surface area contributed by atoms with Crippen molar-refractivity contribution in [3.05, 3.63) is 69.8 Å². The van der Waals surface area contributed by atoms with Gasteiger partial charge in [0, 0.05) is 12.3 Å². The SMILES string of the molecule is CC.CCCN=C(C)c1cccc(C)c1CCc1cc(C)ccc1CC. The van der Waals surface area contributed by atoms with Gasteiger partial charge in [-0.1, -0.05) is 69.7 Å². The Morgan fingerprint density at radius 1 is 0.923 bits per heavy atom. The Hall–Kier alpha value is -1.89. The summed E-state index contributed by atoms with van der Waals surface area (Å²) >= 11 is 0. The fourth-order valence-electron chi connectivity index (χ4n) is 3.33. The van der Waals surface area contributed by atoms with Crippen molar-refractivity contribution in [3.63, 3.8) is 0 Å². The van der Waals surface area contributed by atoms with E-state index >= 15 is 0 Å². The molecule has 0 saturated carbocycles. The van der Waals surface area contributed by atoms with Crippen molar-refractivity contribution >= 4 is 5.71 Å². The number of hydrogen-bond acceptors (Lipinski definition) is 1. The van der Waals surface area contributed by atoms with Crippen LogP contribution in [0.25, 0.3) is 0 Å². The topological polar surface area (TPSA) is 12.4 Å². The minimum Gasteiger partial charge on any atom is -0.289 e. The van der Waals surface area contributed by atoms with Crippen LogP contribution in [0.15, 0.2) is 41.4 Å². The van der Waals surface area contributed by atoms with E-state index in [2.05, 4.69) is 71.0 Å². The van der Waals surface area contributed by atoms with E-state index in [9.17, 15) is 0 Å². The molecule has 142 valence electrons. The Kier molecular flexibility index (Phi) is 9.95. The predicted molar refractivity (Wildman–Crippen MR) is 118 cm³/mol. The molecule has 0 aliphatic heterocycles. The summed E-state index contributed by atoms with van der Waals surface area (Å²) in [6, 6.07) is 13.5. The molecular formula is C25H37N. The molecule has 0 atom stereocenters. The fourth-order valence-corrected chi connectivity index (χ4v) is 3.33. The Morgan fingerprint density at radius 2 is 1.65 bits per heavy atom. The molecule has 0 spiro atoms. The first kappa shape index (κ1) is 22.2. The molecule has 1 nitrogen and oxygen atoms in total. The van der Waals surface area contributed by atoms with Crippen LogP contribution in [-0.2, 0) is 19.3 Å². The van der Waals surface area contributed by atoms with Crippen LogP contribution < -0.4 is 0 Å². The lowest BCUT2D eigenvalue weighted by atomic mass is 9.91. The quantitative estimate of drug-likeness (QED) is 0.481. The first-order valence-electron chi connectivity index (χ1n) is 10.2. The molecule has 2 aromatic rings. The number of benzene rings is 2. The van der Waals surface area contributed by atoms with Gasteiger partial charge in [0.2, 0.25) is 0 Å². The molecule has 0 aliphatic carbocycles. The van der Waals surface area contributed by atoms with Crippen molar-refractivity contribution in [1.29, 1.82) is 0 Å². The third-order valence-corrected chi connectivity index (χ3v) is 4.76. The number of nitrogens with zero attached hydrogens (tertiary/aromatic N) is 1. The Morgan fingerprint density at radius 3 is 2.31 bits per heavy atom. The highest BCUT2D eigenvalue weighted by Gasteiger charge is 2.10. The van der Waals surface area contributed by atoms with Crippen LogP contribution in [0.4, 0.5) is 0 Å². The lowest BCUT2D eigenvalue weighted by Gasteiger charge is -2.15. The van der Waals surface area contributed by atoms with Crippen LogP contribution in [0, 0.1) is 13.8 Å². The predicted octanol–water partition coefficient (Wildman–Crippen LogP) is 6.90. The van der Waals surface area contributed by atoms with Crippen molar-refractivity contribution < 1.29 is 0 Å². The second-order valence-electron chi connectivity index (χ2n) is 6.69. The third kappa shape index (κ3) is 6.12. The fraction of sp³-hybridized carbons (Fsp3) is 0.480. The van der Waals surface area contributed by atoms with Gasteiger partial charge >= 0.3 is 0 Å². The van der Waals surface area contributed by atoms with Crippen LogP contribution in [0.2, 0.25) is 0 Å². The number of aliphatic imine (C=N–C) groups is 1. The van der Waals surface area contributed by atoms with Crippen molar-refractivity contribution in [3.8, 4) is 0 Å². The van der Waals surface area contributed by atoms with E-state index in [4.69, 9.17) is 4.99 Å². The van der Waals surface area contributed by atoms with Crippen LogP contribution in [0.5, 0.6) is 0 Å². The summed E-state index contributed by atoms with van der Waals surface area (Å²) < 4.78 is 0. The van der Waals surface area contributed by atoms with E-state index in [1.807, 2.05) is 13.8 Å². The zero-order valence-corrected chi connectivity index (χ0v) is 17.9. The first-order valence-corrected chi connectivity index (χ1v) is 10.2. The molecule has 1 heteroatoms. The first-order chi connectivity index (χ1) is 12.6. The van der Waals surface area contributed by atoms with Gasteiger partial charge in [-0.05, 0) is 74.3 Å². The average molecular weight is 352 g/mol. The molecule has 2 rings (SSSR count). The monoisotopic (exact) mass is 351 g/mol. The van der Waals surface area contributed by atoms with Gasteiger partial charge in [0.05, 0.1) is 0 Å². The summed E-state index contributed by atoms with van der Waals surface area (Å²) in [5.74, 6) is 0. The van der Waals surface area contributed by atoms with Gasteiger partial charge in [-0.15, -0.1) is 0 Å². The van der Waals surface area contributed by atoms with Gasteiger partial charge < -0.3 is 0 Å². The van der Waals surface area contributed by atoms with Crippen molar-refractivity contribution in [2.75, 3.05) is 6.54 Å². The highest BCUT2D eigenvalue weighted by atomic mass is 14.7. The minimum atomic E-state index is 0.914. The maximum atomic E-state index is 4.73. The molecule has 0 unspecified atom stereocenters. The summed E-state index contributed by atoms with van der Waals surface area (Å²) in [7, 11) is 0. The molecule has 26 heavy (non-hydrogen) atoms. The molecule has 0 radical (unpaired) electrons. The van der Waals surface area contributed by atoms with Crippen LogP contribution in [-0.4, -0.2) is 12.3 Å². The molecule has 0 aromatic heterocycles. The summed E-state index contributed by atoms with van der Waals surface area (Å²) in [5.41, 5.74) is 9.67. The lowest BCUT2D eigenvalue weighted by Crippen LogP contribution is -2.06. The largest absolute Gasteiger partial charge is 0.289 e. The van der Waals surface area contributed by atoms with Gasteiger partial charge in [-0.3, -0.25) is 4.99 Å². The summed E-state index contributed by atoms with van der Waals surface area (Å²) in [6.45, 7) is 15.9. The van der Waals surface area contributed by atoms with Crippen molar-refractivity contribution in [2.45, 2.75) is 74.1 Å². The van der Waals surface area contributed by atoms with Crippen LogP contribution >= 0.6 is 0 Å². The van der Waals surface area contributed by atoms with E-state index < -0.39 is 0 Å². The second-order valence-corrected chi connectivity index (χ2v) is 6.69. The Bertz CT molecular complexity index is 710. The molecule has 0 amide bonds. The number of aryl methyl sites for hydroxylation is 4. The average Bonchev–Trinajstić information content (AvgIpc) is 2.66. The number of hydrogen-bond donors (Lipinski definition) is 0. The molecule has 2 aromatic carbocycles. The Balaban J connectivity index is 0.00000163. The van der Waals surface area contributed by atoms with Gasteiger partial charge in [0.15, 0.2) is 0 Å². The smallest absolute Gasteiger partial charge is 0.0392 e. The molecule has 0 bridgehead atoms. The second kappa shape index (κ2) is 11.7. The van der Waals surface area contributed by atoms with E-state index in [-0.39, 0.29) is 0 Å². The summed E-state index contributed by atoms with van der Waals surface area (Å²) in [4.78, 5) is 4.73. The summed E-state index contributed by atoms with van der Waals surface area (Å²) in [5, 5.41) is 0. The van der Waals surface area contributed by atoms with Gasteiger partial charge in [-0.2, -0.15) is 0 Å². The van der Waals surface area contributed by atoms with Gasteiger partial charge in [0.1, 0.15) is 0 Å². The zero-order chi connectivity index (χ0) is 19.5. The van der Waals surface area contributed by atoms with E-state index in [0.717, 1.165) is 32.2 Å². The van der Waals surface area contributed by atoms with Gasteiger partial charge in [0.25, 0.3) is 0 Å². The maximum absolute atomic E-state index is 4.73. The number of rotatable bonds is 7. The molecule has 0 aliphatic rings. The molecular weight excluding hydrogens is 314 g/mol. The standard InChI is InChI=1S/C23H31N.C2H6/c1-6-15-24-19(5)23-10-8-9-18(4)22(23)14-13-21-16-17(3)11-12-20(21)7-2;1-2/h8-12,16H,6-7,13-15H2,1-5H3;1-2H3. The normalized spacial score (nSPS) is 11.1. The minimum absolute atomic E-state index is 0.914. The highest BCUT2D eigenvalue weighted by molar-refractivity contribution is 6.00. The molecule has 0 heterocycles. The molecule has 0 saturated heterocycles. The van der Waals surface area contributed by atoms with Crippen LogP contribution in [0.1, 0.15) is 74.4 Å². The third-order valence-electron chi connectivity index (χ3n) is 4.76. The molecule has 0 fully saturated rings. The lowest BCUT2D eigenvalue weighted by molar-refractivity contribution is 0.912. The Labute approximate surface area is 161 Å². The van der Waals surface area contributed by atoms with Crippen molar-refractivity contribution in [1.82, 2.24) is 0 Å². The van der Waals surface area contributed by atoms with E-state index in [1.54, 1.807) is 0 Å². The zero-order valence-electron chi connectivity index (χ0n) is 17.9. The van der Waals surface area contributed by atoms with E-state index in [0.29, 0.717) is 0 Å². The van der Waals surface area contributed by atoms with Gasteiger partial charge in [-0.25, -0.2) is 0 Å².